The van der Waals surface area contributed by atoms with E-state index in [1.807, 2.05) is 45.0 Å². The molecule has 0 amide bonds. The Morgan fingerprint density at radius 3 is 2.41 bits per heavy atom. The minimum atomic E-state index is 0.779. The summed E-state index contributed by atoms with van der Waals surface area (Å²) in [5.74, 6) is 0. The maximum Gasteiger partial charge on any atom is 0.135 e. The maximum atomic E-state index is 5.85. The topological polar surface area (TPSA) is 13.1 Å². The molecule has 1 aromatic heterocycles. The van der Waals surface area contributed by atoms with Crippen LogP contribution in [0.25, 0.3) is 21.9 Å². The molecule has 0 saturated carbocycles. The molecule has 3 rings (SSSR count). The third-order valence-electron chi connectivity index (χ3n) is 2.77. The molecule has 0 atom stereocenters. The van der Waals surface area contributed by atoms with Gasteiger partial charge in [0.25, 0.3) is 0 Å². The lowest BCUT2D eigenvalue weighted by Crippen LogP contribution is -2.05. The van der Waals surface area contributed by atoms with Crippen molar-refractivity contribution in [3.63, 3.8) is 0 Å². The van der Waals surface area contributed by atoms with E-state index in [2.05, 4.69) is 12.1 Å². The number of para-hydroxylation sites is 1. The zero-order valence-electron chi connectivity index (χ0n) is 10.4. The van der Waals surface area contributed by atoms with Gasteiger partial charge in [0.1, 0.15) is 19.0 Å². The van der Waals surface area contributed by atoms with Gasteiger partial charge in [0.15, 0.2) is 0 Å². The standard InChI is InChI=1S/C13H9BO.C2H6/c1-8-6-10-9-4-2-3-5-12(9)15-13(10)7-11(8)14;1-2/h2-7H,1H3;1-2H3. The fraction of sp³-hybridized carbons (Fsp3) is 0.200. The van der Waals surface area contributed by atoms with Crippen molar-refractivity contribution in [2.24, 2.45) is 0 Å². The van der Waals surface area contributed by atoms with Crippen LogP contribution in [0.4, 0.5) is 0 Å². The van der Waals surface area contributed by atoms with Gasteiger partial charge in [-0.15, -0.1) is 0 Å². The summed E-state index contributed by atoms with van der Waals surface area (Å²) in [6, 6.07) is 12.0. The first-order valence-corrected chi connectivity index (χ1v) is 5.93. The van der Waals surface area contributed by atoms with Gasteiger partial charge in [-0.25, -0.2) is 0 Å². The maximum absolute atomic E-state index is 5.85. The predicted molar refractivity (Wildman–Crippen MR) is 75.2 cm³/mol. The van der Waals surface area contributed by atoms with Crippen molar-refractivity contribution in [2.45, 2.75) is 20.8 Å². The Morgan fingerprint density at radius 2 is 1.65 bits per heavy atom. The molecule has 3 aromatic rings. The van der Waals surface area contributed by atoms with Crippen LogP contribution in [-0.4, -0.2) is 7.85 Å². The Kier molecular flexibility index (Phi) is 3.23. The lowest BCUT2D eigenvalue weighted by atomic mass is 9.90. The molecule has 1 heterocycles. The lowest BCUT2D eigenvalue weighted by molar-refractivity contribution is 0.669. The zero-order chi connectivity index (χ0) is 12.4. The molecule has 0 spiro atoms. The van der Waals surface area contributed by atoms with E-state index < -0.39 is 0 Å². The van der Waals surface area contributed by atoms with E-state index in [-0.39, 0.29) is 0 Å². The first-order chi connectivity index (χ1) is 8.25. The highest BCUT2D eigenvalue weighted by atomic mass is 16.3. The van der Waals surface area contributed by atoms with Crippen molar-refractivity contribution in [1.82, 2.24) is 0 Å². The van der Waals surface area contributed by atoms with E-state index in [1.165, 1.54) is 0 Å². The second-order valence-corrected chi connectivity index (χ2v) is 3.80. The number of benzene rings is 2. The fourth-order valence-electron chi connectivity index (χ4n) is 1.90. The Bertz CT molecular complexity index is 652. The second kappa shape index (κ2) is 4.66. The average Bonchev–Trinajstić information content (AvgIpc) is 2.70. The number of fused-ring (bicyclic) bond motifs is 3. The highest BCUT2D eigenvalue weighted by Gasteiger charge is 2.06. The van der Waals surface area contributed by atoms with Crippen LogP contribution in [0.15, 0.2) is 40.8 Å². The number of hydrogen-bond donors (Lipinski definition) is 0. The largest absolute Gasteiger partial charge is 0.456 e. The number of rotatable bonds is 0. The van der Waals surface area contributed by atoms with E-state index >= 15 is 0 Å². The van der Waals surface area contributed by atoms with E-state index in [4.69, 9.17) is 12.3 Å². The highest BCUT2D eigenvalue weighted by Crippen LogP contribution is 2.28. The molecule has 0 bridgehead atoms. The van der Waals surface area contributed by atoms with E-state index in [9.17, 15) is 0 Å². The monoisotopic (exact) mass is 222 g/mol. The molecule has 1 nitrogen and oxygen atoms in total. The van der Waals surface area contributed by atoms with Crippen molar-refractivity contribution >= 4 is 35.2 Å². The normalized spacial score (nSPS) is 10.3. The SMILES string of the molecule is CC.[B]c1cc2oc3ccccc3c2cc1C. The van der Waals surface area contributed by atoms with Gasteiger partial charge in [-0.3, -0.25) is 0 Å². The molecule has 0 N–H and O–H groups in total. The Morgan fingerprint density at radius 1 is 0.941 bits per heavy atom. The molecular formula is C15H15BO. The molecule has 0 aliphatic heterocycles. The summed E-state index contributed by atoms with van der Waals surface area (Å²) in [6.45, 7) is 6.01. The van der Waals surface area contributed by atoms with Crippen molar-refractivity contribution in [2.75, 3.05) is 0 Å². The first-order valence-electron chi connectivity index (χ1n) is 5.93. The smallest absolute Gasteiger partial charge is 0.135 e. The molecule has 0 unspecified atom stereocenters. The van der Waals surface area contributed by atoms with Gasteiger partial charge in [0, 0.05) is 10.8 Å². The molecule has 2 heteroatoms. The summed E-state index contributed by atoms with van der Waals surface area (Å²) in [4.78, 5) is 0. The second-order valence-electron chi connectivity index (χ2n) is 3.80. The average molecular weight is 222 g/mol. The van der Waals surface area contributed by atoms with Crippen LogP contribution in [0.5, 0.6) is 0 Å². The molecule has 0 saturated heterocycles. The summed E-state index contributed by atoms with van der Waals surface area (Å²) >= 11 is 0. The van der Waals surface area contributed by atoms with Crippen LogP contribution in [0.2, 0.25) is 0 Å². The highest BCUT2D eigenvalue weighted by molar-refractivity contribution is 6.34. The first kappa shape index (κ1) is 11.8. The summed E-state index contributed by atoms with van der Waals surface area (Å²) in [7, 11) is 5.85. The molecule has 0 aliphatic carbocycles. The molecule has 2 radical (unpaired) electrons. The molecule has 2 aromatic carbocycles. The number of aryl methyl sites for hydroxylation is 1. The third kappa shape index (κ3) is 1.95. The summed E-state index contributed by atoms with van der Waals surface area (Å²) in [6.07, 6.45) is 0. The number of hydrogen-bond acceptors (Lipinski definition) is 1. The van der Waals surface area contributed by atoms with Crippen molar-refractivity contribution in [3.05, 3.63) is 42.0 Å². The molecule has 17 heavy (non-hydrogen) atoms. The Labute approximate surface area is 103 Å². The predicted octanol–water partition coefficient (Wildman–Crippen LogP) is 3.71. The summed E-state index contributed by atoms with van der Waals surface area (Å²) in [5.41, 5.74) is 3.65. The quantitative estimate of drug-likeness (QED) is 0.528. The summed E-state index contributed by atoms with van der Waals surface area (Å²) in [5, 5.41) is 2.29. The van der Waals surface area contributed by atoms with E-state index in [1.54, 1.807) is 0 Å². The lowest BCUT2D eigenvalue weighted by Gasteiger charge is -1.98. The van der Waals surface area contributed by atoms with Gasteiger partial charge in [-0.2, -0.15) is 0 Å². The van der Waals surface area contributed by atoms with Crippen LogP contribution in [0.3, 0.4) is 0 Å². The van der Waals surface area contributed by atoms with Crippen LogP contribution < -0.4 is 5.46 Å². The van der Waals surface area contributed by atoms with Crippen LogP contribution in [0.1, 0.15) is 19.4 Å². The van der Waals surface area contributed by atoms with Crippen LogP contribution in [-0.2, 0) is 0 Å². The minimum Gasteiger partial charge on any atom is -0.456 e. The van der Waals surface area contributed by atoms with Crippen molar-refractivity contribution < 1.29 is 4.42 Å². The van der Waals surface area contributed by atoms with Crippen molar-refractivity contribution in [3.8, 4) is 0 Å². The molecule has 84 valence electrons. The Balaban J connectivity index is 0.000000514. The summed E-state index contributed by atoms with van der Waals surface area (Å²) < 4.78 is 5.71. The van der Waals surface area contributed by atoms with Gasteiger partial charge in [-0.1, -0.05) is 43.1 Å². The van der Waals surface area contributed by atoms with Gasteiger partial charge in [0.2, 0.25) is 0 Å². The van der Waals surface area contributed by atoms with Crippen LogP contribution >= 0.6 is 0 Å². The zero-order valence-corrected chi connectivity index (χ0v) is 10.4. The van der Waals surface area contributed by atoms with Gasteiger partial charge >= 0.3 is 0 Å². The Hall–Kier alpha value is -1.70. The van der Waals surface area contributed by atoms with Gasteiger partial charge < -0.3 is 4.42 Å². The number of furan rings is 1. The van der Waals surface area contributed by atoms with Gasteiger partial charge in [-0.05, 0) is 25.1 Å². The van der Waals surface area contributed by atoms with Crippen molar-refractivity contribution in [1.29, 1.82) is 0 Å². The molecule has 0 fully saturated rings. The van der Waals surface area contributed by atoms with Crippen LogP contribution in [0, 0.1) is 6.92 Å². The van der Waals surface area contributed by atoms with Gasteiger partial charge in [0.05, 0.1) is 0 Å². The fourth-order valence-corrected chi connectivity index (χ4v) is 1.90. The minimum absolute atomic E-state index is 0.779. The third-order valence-corrected chi connectivity index (χ3v) is 2.77. The van der Waals surface area contributed by atoms with E-state index in [0.29, 0.717) is 0 Å². The molecular weight excluding hydrogens is 207 g/mol. The van der Waals surface area contributed by atoms with E-state index in [0.717, 1.165) is 33.0 Å². The molecule has 0 aliphatic rings.